The van der Waals surface area contributed by atoms with Crippen LogP contribution in [-0.2, 0) is 9.59 Å². The fourth-order valence-electron chi connectivity index (χ4n) is 2.37. The molecular weight excluding hydrogens is 340 g/mol. The predicted octanol–water partition coefficient (Wildman–Crippen LogP) is 1.85. The lowest BCUT2D eigenvalue weighted by atomic mass is 10.1. The third-order valence-corrected chi connectivity index (χ3v) is 3.83. The molecular formula is C17H20N4O5. The van der Waals surface area contributed by atoms with Gasteiger partial charge in [-0.2, -0.15) is 0 Å². The van der Waals surface area contributed by atoms with E-state index in [0.29, 0.717) is 17.0 Å². The summed E-state index contributed by atoms with van der Waals surface area (Å²) < 4.78 is 5.34. The number of likely N-dealkylation sites (N-methyl/N-ethyl adjacent to an activating group) is 1. The molecule has 0 aliphatic heterocycles. The van der Waals surface area contributed by atoms with Gasteiger partial charge in [0.15, 0.2) is 0 Å². The van der Waals surface area contributed by atoms with Gasteiger partial charge in [-0.15, -0.1) is 0 Å². The van der Waals surface area contributed by atoms with E-state index in [4.69, 9.17) is 4.42 Å². The van der Waals surface area contributed by atoms with Gasteiger partial charge in [-0.05, 0) is 44.8 Å². The Labute approximate surface area is 150 Å². The summed E-state index contributed by atoms with van der Waals surface area (Å²) in [4.78, 5) is 36.2. The number of furan rings is 1. The first kappa shape index (κ1) is 19.1. The first-order chi connectivity index (χ1) is 12.3. The van der Waals surface area contributed by atoms with Crippen LogP contribution in [0.3, 0.4) is 0 Å². The van der Waals surface area contributed by atoms with Crippen molar-refractivity contribution in [1.82, 2.24) is 10.2 Å². The fraction of sp³-hybridized carbons (Fsp3) is 0.294. The molecule has 9 heteroatoms. The highest BCUT2D eigenvalue weighted by Crippen LogP contribution is 2.21. The number of aryl methyl sites for hydroxylation is 1. The van der Waals surface area contributed by atoms with Gasteiger partial charge in [0, 0.05) is 24.4 Å². The van der Waals surface area contributed by atoms with E-state index < -0.39 is 16.7 Å². The number of nitrogens with zero attached hydrogens (tertiary/aromatic N) is 2. The van der Waals surface area contributed by atoms with E-state index in [1.54, 1.807) is 19.1 Å². The second kappa shape index (κ2) is 8.26. The number of non-ortho nitro benzene ring substituents is 1. The van der Waals surface area contributed by atoms with E-state index >= 15 is 0 Å². The quantitative estimate of drug-likeness (QED) is 0.461. The third kappa shape index (κ3) is 4.67. The summed E-state index contributed by atoms with van der Waals surface area (Å²) in [7, 11) is 3.67. The lowest BCUT2D eigenvalue weighted by molar-refractivity contribution is -0.384. The predicted molar refractivity (Wildman–Crippen MR) is 94.6 cm³/mol. The SMILES string of the molecule is Cc1cc([N+](=O)[O-])ccc1NC(=O)C(=O)NCC(c1ccco1)N(C)C. The van der Waals surface area contributed by atoms with Crippen LogP contribution in [-0.4, -0.2) is 42.3 Å². The number of rotatable bonds is 6. The average molecular weight is 360 g/mol. The van der Waals surface area contributed by atoms with Crippen molar-refractivity contribution in [2.45, 2.75) is 13.0 Å². The summed E-state index contributed by atoms with van der Waals surface area (Å²) in [6.07, 6.45) is 1.54. The van der Waals surface area contributed by atoms with Gasteiger partial charge in [0.2, 0.25) is 0 Å². The van der Waals surface area contributed by atoms with Crippen molar-refractivity contribution < 1.29 is 18.9 Å². The van der Waals surface area contributed by atoms with E-state index in [9.17, 15) is 19.7 Å². The molecule has 0 saturated heterocycles. The minimum atomic E-state index is -0.848. The van der Waals surface area contributed by atoms with Gasteiger partial charge < -0.3 is 15.1 Å². The normalized spacial score (nSPS) is 11.8. The van der Waals surface area contributed by atoms with Crippen LogP contribution in [0.15, 0.2) is 41.0 Å². The summed E-state index contributed by atoms with van der Waals surface area (Å²) in [6.45, 7) is 1.80. The molecule has 0 aliphatic rings. The summed E-state index contributed by atoms with van der Waals surface area (Å²) in [5.41, 5.74) is 0.741. The maximum atomic E-state index is 12.1. The first-order valence-corrected chi connectivity index (χ1v) is 7.83. The van der Waals surface area contributed by atoms with E-state index in [1.807, 2.05) is 19.0 Å². The van der Waals surface area contributed by atoms with Crippen LogP contribution in [0.5, 0.6) is 0 Å². The van der Waals surface area contributed by atoms with Crippen LogP contribution >= 0.6 is 0 Å². The monoisotopic (exact) mass is 360 g/mol. The number of benzene rings is 1. The van der Waals surface area contributed by atoms with Crippen LogP contribution in [0.2, 0.25) is 0 Å². The Hall–Kier alpha value is -3.20. The Kier molecular flexibility index (Phi) is 6.07. The highest BCUT2D eigenvalue weighted by atomic mass is 16.6. The molecule has 1 aromatic carbocycles. The lowest BCUT2D eigenvalue weighted by Crippen LogP contribution is -2.40. The minimum Gasteiger partial charge on any atom is -0.468 e. The number of carbonyl (C=O) groups excluding carboxylic acids is 2. The Morgan fingerprint density at radius 2 is 2.00 bits per heavy atom. The van der Waals surface area contributed by atoms with Gasteiger partial charge in [0.05, 0.1) is 17.2 Å². The standard InChI is InChI=1S/C17H20N4O5/c1-11-9-12(21(24)25)6-7-13(11)19-17(23)16(22)18-10-14(20(2)3)15-5-4-8-26-15/h4-9,14H,10H2,1-3H3,(H,18,22)(H,19,23). The van der Waals surface area contributed by atoms with Crippen molar-refractivity contribution in [2.75, 3.05) is 26.0 Å². The molecule has 1 heterocycles. The van der Waals surface area contributed by atoms with Crippen molar-refractivity contribution in [2.24, 2.45) is 0 Å². The van der Waals surface area contributed by atoms with E-state index in [0.717, 1.165) is 0 Å². The smallest absolute Gasteiger partial charge is 0.313 e. The molecule has 2 aromatic rings. The molecule has 1 unspecified atom stereocenters. The number of hydrogen-bond acceptors (Lipinski definition) is 6. The Bertz CT molecular complexity index is 801. The molecule has 2 rings (SSSR count). The van der Waals surface area contributed by atoms with Crippen LogP contribution in [0.1, 0.15) is 17.4 Å². The van der Waals surface area contributed by atoms with Crippen LogP contribution < -0.4 is 10.6 Å². The molecule has 0 bridgehead atoms. The zero-order valence-electron chi connectivity index (χ0n) is 14.7. The number of hydrogen-bond donors (Lipinski definition) is 2. The second-order valence-corrected chi connectivity index (χ2v) is 5.92. The van der Waals surface area contributed by atoms with Gasteiger partial charge in [-0.3, -0.25) is 24.6 Å². The van der Waals surface area contributed by atoms with Gasteiger partial charge in [0.25, 0.3) is 5.69 Å². The molecule has 138 valence electrons. The Morgan fingerprint density at radius 3 is 2.54 bits per heavy atom. The van der Waals surface area contributed by atoms with Crippen LogP contribution in [0.25, 0.3) is 0 Å². The third-order valence-electron chi connectivity index (χ3n) is 3.83. The highest BCUT2D eigenvalue weighted by Gasteiger charge is 2.21. The van der Waals surface area contributed by atoms with Crippen molar-refractivity contribution in [3.05, 3.63) is 58.0 Å². The van der Waals surface area contributed by atoms with Crippen molar-refractivity contribution in [3.8, 4) is 0 Å². The number of nitro benzene ring substituents is 1. The van der Waals surface area contributed by atoms with Crippen molar-refractivity contribution in [1.29, 1.82) is 0 Å². The summed E-state index contributed by atoms with van der Waals surface area (Å²) in [5, 5.41) is 15.8. The highest BCUT2D eigenvalue weighted by molar-refractivity contribution is 6.39. The first-order valence-electron chi connectivity index (χ1n) is 7.83. The van der Waals surface area contributed by atoms with Gasteiger partial charge in [-0.1, -0.05) is 0 Å². The summed E-state index contributed by atoms with van der Waals surface area (Å²) >= 11 is 0. The fourth-order valence-corrected chi connectivity index (χ4v) is 2.37. The zero-order chi connectivity index (χ0) is 19.3. The zero-order valence-corrected chi connectivity index (χ0v) is 14.7. The van der Waals surface area contributed by atoms with Gasteiger partial charge in [0.1, 0.15) is 5.76 Å². The molecule has 1 atom stereocenters. The summed E-state index contributed by atoms with van der Waals surface area (Å²) in [6, 6.07) is 7.30. The molecule has 0 aliphatic carbocycles. The molecule has 0 fully saturated rings. The molecule has 0 spiro atoms. The molecule has 2 amide bonds. The van der Waals surface area contributed by atoms with Crippen LogP contribution in [0, 0.1) is 17.0 Å². The average Bonchev–Trinajstić information content (AvgIpc) is 3.10. The summed E-state index contributed by atoms with van der Waals surface area (Å²) in [5.74, 6) is -0.984. The molecule has 26 heavy (non-hydrogen) atoms. The van der Waals surface area contributed by atoms with Gasteiger partial charge in [-0.25, -0.2) is 0 Å². The molecule has 0 radical (unpaired) electrons. The number of anilines is 1. The maximum absolute atomic E-state index is 12.1. The van der Waals surface area contributed by atoms with E-state index in [1.165, 1.54) is 24.5 Å². The molecule has 2 N–H and O–H groups in total. The molecule has 9 nitrogen and oxygen atoms in total. The number of amides is 2. The molecule has 1 aromatic heterocycles. The molecule has 0 saturated carbocycles. The van der Waals surface area contributed by atoms with E-state index in [2.05, 4.69) is 10.6 Å². The second-order valence-electron chi connectivity index (χ2n) is 5.92. The lowest BCUT2D eigenvalue weighted by Gasteiger charge is -2.22. The maximum Gasteiger partial charge on any atom is 0.313 e. The van der Waals surface area contributed by atoms with Gasteiger partial charge >= 0.3 is 11.8 Å². The number of nitrogens with one attached hydrogen (secondary N) is 2. The number of carbonyl (C=O) groups is 2. The largest absolute Gasteiger partial charge is 0.468 e. The topological polar surface area (TPSA) is 118 Å². The number of nitro groups is 1. The minimum absolute atomic E-state index is 0.0859. The van der Waals surface area contributed by atoms with Crippen LogP contribution in [0.4, 0.5) is 11.4 Å². The van der Waals surface area contributed by atoms with Crippen molar-refractivity contribution in [3.63, 3.8) is 0 Å². The van der Waals surface area contributed by atoms with Crippen molar-refractivity contribution >= 4 is 23.2 Å². The Balaban J connectivity index is 1.97. The Morgan fingerprint density at radius 1 is 1.27 bits per heavy atom. The van der Waals surface area contributed by atoms with E-state index in [-0.39, 0.29) is 18.3 Å².